The summed E-state index contributed by atoms with van der Waals surface area (Å²) in [7, 11) is 1.61. The van der Waals surface area contributed by atoms with Gasteiger partial charge in [0.05, 0.1) is 11.0 Å². The van der Waals surface area contributed by atoms with Gasteiger partial charge < -0.3 is 4.57 Å². The SMILES string of the molecule is Cn1c(=O)c(C#N)[c]c2nc(Br)ccc21. The molecular weight excluding hydrogens is 258 g/mol. The fourth-order valence-electron chi connectivity index (χ4n) is 1.32. The van der Waals surface area contributed by atoms with Crippen LogP contribution in [-0.4, -0.2) is 9.55 Å². The summed E-state index contributed by atoms with van der Waals surface area (Å²) in [5, 5.41) is 8.74. The minimum Gasteiger partial charge on any atom is -0.309 e. The zero-order valence-corrected chi connectivity index (χ0v) is 9.37. The largest absolute Gasteiger partial charge is 0.309 e. The first-order valence-corrected chi connectivity index (χ1v) is 4.91. The van der Waals surface area contributed by atoms with Crippen molar-refractivity contribution < 1.29 is 0 Å². The Kier molecular flexibility index (Phi) is 2.29. The lowest BCUT2D eigenvalue weighted by molar-refractivity contribution is 0.896. The number of nitriles is 1. The van der Waals surface area contributed by atoms with Crippen LogP contribution in [-0.2, 0) is 7.05 Å². The van der Waals surface area contributed by atoms with Gasteiger partial charge in [-0.3, -0.25) is 4.79 Å². The number of aryl methyl sites for hydroxylation is 1. The molecule has 2 heterocycles. The van der Waals surface area contributed by atoms with Crippen molar-refractivity contribution in [1.29, 1.82) is 5.26 Å². The molecule has 0 spiro atoms. The third-order valence-electron chi connectivity index (χ3n) is 2.08. The molecule has 0 N–H and O–H groups in total. The Morgan fingerprint density at radius 2 is 2.33 bits per heavy atom. The molecule has 0 saturated carbocycles. The van der Waals surface area contributed by atoms with Crippen LogP contribution in [0.4, 0.5) is 0 Å². The lowest BCUT2D eigenvalue weighted by atomic mass is 10.2. The van der Waals surface area contributed by atoms with Crippen molar-refractivity contribution in [3.05, 3.63) is 38.7 Å². The van der Waals surface area contributed by atoms with E-state index in [9.17, 15) is 4.79 Å². The van der Waals surface area contributed by atoms with Crippen LogP contribution in [0, 0.1) is 17.4 Å². The Balaban J connectivity index is 2.99. The van der Waals surface area contributed by atoms with Crippen LogP contribution >= 0.6 is 15.9 Å². The molecule has 0 bridgehead atoms. The monoisotopic (exact) mass is 262 g/mol. The predicted octanol–water partition coefficient (Wildman–Crippen LogP) is 1.37. The van der Waals surface area contributed by atoms with Gasteiger partial charge in [0, 0.05) is 13.1 Å². The van der Waals surface area contributed by atoms with E-state index in [1.54, 1.807) is 25.2 Å². The lowest BCUT2D eigenvalue weighted by Crippen LogP contribution is -2.20. The Hall–Kier alpha value is -1.67. The van der Waals surface area contributed by atoms with Gasteiger partial charge in [-0.25, -0.2) is 4.98 Å². The average molecular weight is 263 g/mol. The number of hydrogen-bond donors (Lipinski definition) is 0. The summed E-state index contributed by atoms with van der Waals surface area (Å²) in [6, 6.07) is 7.99. The summed E-state index contributed by atoms with van der Waals surface area (Å²) in [4.78, 5) is 15.7. The number of fused-ring (bicyclic) bond motifs is 1. The molecule has 2 aromatic heterocycles. The first-order valence-electron chi connectivity index (χ1n) is 4.12. The molecule has 0 aromatic carbocycles. The molecule has 0 aliphatic rings. The highest BCUT2D eigenvalue weighted by Gasteiger charge is 2.07. The average Bonchev–Trinajstić information content (AvgIpc) is 2.23. The predicted molar refractivity (Wildman–Crippen MR) is 58.2 cm³/mol. The zero-order valence-electron chi connectivity index (χ0n) is 7.78. The molecule has 4 nitrogen and oxygen atoms in total. The quantitative estimate of drug-likeness (QED) is 0.674. The van der Waals surface area contributed by atoms with E-state index in [2.05, 4.69) is 27.0 Å². The van der Waals surface area contributed by atoms with E-state index in [1.165, 1.54) is 4.57 Å². The van der Waals surface area contributed by atoms with Crippen molar-refractivity contribution >= 4 is 27.0 Å². The van der Waals surface area contributed by atoms with E-state index >= 15 is 0 Å². The Morgan fingerprint density at radius 3 is 3.00 bits per heavy atom. The van der Waals surface area contributed by atoms with E-state index in [4.69, 9.17) is 5.26 Å². The Bertz CT molecular complexity index is 639. The minimum atomic E-state index is -0.353. The number of aromatic nitrogens is 2. The maximum atomic E-state index is 11.6. The highest BCUT2D eigenvalue weighted by Crippen LogP contribution is 2.13. The Labute approximate surface area is 93.9 Å². The summed E-state index contributed by atoms with van der Waals surface area (Å²) in [5.41, 5.74) is 0.787. The second kappa shape index (κ2) is 3.48. The second-order valence-corrected chi connectivity index (χ2v) is 3.79. The molecule has 0 atom stereocenters. The van der Waals surface area contributed by atoms with Crippen molar-refractivity contribution in [2.75, 3.05) is 0 Å². The van der Waals surface area contributed by atoms with Crippen molar-refractivity contribution in [3.63, 3.8) is 0 Å². The van der Waals surface area contributed by atoms with Crippen molar-refractivity contribution in [3.8, 4) is 6.07 Å². The van der Waals surface area contributed by atoms with Crippen LogP contribution in [0.5, 0.6) is 0 Å². The number of nitrogens with zero attached hydrogens (tertiary/aromatic N) is 3. The van der Waals surface area contributed by atoms with Gasteiger partial charge in [0.2, 0.25) is 0 Å². The van der Waals surface area contributed by atoms with Gasteiger partial charge in [0.25, 0.3) is 5.56 Å². The van der Waals surface area contributed by atoms with Crippen LogP contribution in [0.3, 0.4) is 0 Å². The molecule has 73 valence electrons. The molecule has 0 aliphatic carbocycles. The molecule has 0 amide bonds. The normalized spacial score (nSPS) is 10.2. The number of pyridine rings is 2. The van der Waals surface area contributed by atoms with E-state index < -0.39 is 0 Å². The van der Waals surface area contributed by atoms with Crippen LogP contribution in [0.15, 0.2) is 21.5 Å². The van der Waals surface area contributed by atoms with Crippen LogP contribution < -0.4 is 5.56 Å². The van der Waals surface area contributed by atoms with Crippen molar-refractivity contribution in [1.82, 2.24) is 9.55 Å². The first kappa shape index (κ1) is 9.87. The summed E-state index contributed by atoms with van der Waals surface area (Å²) in [6.45, 7) is 0. The van der Waals surface area contributed by atoms with Gasteiger partial charge in [0.1, 0.15) is 16.2 Å². The molecule has 2 aromatic rings. The molecule has 0 saturated heterocycles. The highest BCUT2D eigenvalue weighted by molar-refractivity contribution is 9.10. The Morgan fingerprint density at radius 1 is 1.60 bits per heavy atom. The van der Waals surface area contributed by atoms with Crippen LogP contribution in [0.25, 0.3) is 11.0 Å². The second-order valence-electron chi connectivity index (χ2n) is 2.98. The van der Waals surface area contributed by atoms with E-state index in [0.29, 0.717) is 15.6 Å². The molecule has 0 fully saturated rings. The maximum absolute atomic E-state index is 11.6. The molecule has 1 radical (unpaired) electrons. The van der Waals surface area contributed by atoms with E-state index in [1.807, 2.05) is 0 Å². The van der Waals surface area contributed by atoms with E-state index in [-0.39, 0.29) is 11.1 Å². The van der Waals surface area contributed by atoms with Gasteiger partial charge in [0.15, 0.2) is 0 Å². The fraction of sp³-hybridized carbons (Fsp3) is 0.100. The topological polar surface area (TPSA) is 58.7 Å². The highest BCUT2D eigenvalue weighted by atomic mass is 79.9. The van der Waals surface area contributed by atoms with Gasteiger partial charge in [-0.15, -0.1) is 0 Å². The molecule has 0 unspecified atom stereocenters. The standard InChI is InChI=1S/C10H5BrN3O/c1-14-8-2-3-9(11)13-7(8)4-6(5-12)10(14)15/h2-3H,1H3. The first-order chi connectivity index (χ1) is 7.13. The third kappa shape index (κ3) is 1.53. The molecule has 0 aliphatic heterocycles. The summed E-state index contributed by atoms with van der Waals surface area (Å²) in [6.07, 6.45) is 0. The zero-order chi connectivity index (χ0) is 11.0. The van der Waals surface area contributed by atoms with Crippen LogP contribution in [0.2, 0.25) is 0 Å². The molecule has 2 rings (SSSR count). The van der Waals surface area contributed by atoms with Crippen molar-refractivity contribution in [2.45, 2.75) is 0 Å². The number of rotatable bonds is 0. The number of halogens is 1. The van der Waals surface area contributed by atoms with E-state index in [0.717, 1.165) is 0 Å². The van der Waals surface area contributed by atoms with Gasteiger partial charge in [-0.1, -0.05) is 0 Å². The number of hydrogen-bond acceptors (Lipinski definition) is 3. The minimum absolute atomic E-state index is 0.0180. The van der Waals surface area contributed by atoms with Crippen molar-refractivity contribution in [2.24, 2.45) is 7.05 Å². The fourth-order valence-corrected chi connectivity index (χ4v) is 1.62. The van der Waals surface area contributed by atoms with Gasteiger partial charge in [-0.05, 0) is 28.1 Å². The molecule has 5 heteroatoms. The summed E-state index contributed by atoms with van der Waals surface area (Å²) >= 11 is 3.22. The lowest BCUT2D eigenvalue weighted by Gasteiger charge is -2.03. The third-order valence-corrected chi connectivity index (χ3v) is 2.52. The molecule has 15 heavy (non-hydrogen) atoms. The van der Waals surface area contributed by atoms with Gasteiger partial charge in [-0.2, -0.15) is 5.26 Å². The molecular formula is C10H5BrN3O. The maximum Gasteiger partial charge on any atom is 0.269 e. The summed E-state index contributed by atoms with van der Waals surface area (Å²) < 4.78 is 2.04. The smallest absolute Gasteiger partial charge is 0.269 e. The van der Waals surface area contributed by atoms with Crippen LogP contribution in [0.1, 0.15) is 5.56 Å². The van der Waals surface area contributed by atoms with Gasteiger partial charge >= 0.3 is 0 Å². The summed E-state index contributed by atoms with van der Waals surface area (Å²) in [5.74, 6) is 0.